The molecule has 0 spiro atoms. The van der Waals surface area contributed by atoms with Crippen molar-refractivity contribution in [2.45, 2.75) is 23.3 Å². The van der Waals surface area contributed by atoms with Crippen molar-refractivity contribution in [3.63, 3.8) is 0 Å². The van der Waals surface area contributed by atoms with Crippen molar-refractivity contribution in [3.05, 3.63) is 78.5 Å². The summed E-state index contributed by atoms with van der Waals surface area (Å²) in [6.45, 7) is 2.10. The van der Waals surface area contributed by atoms with Gasteiger partial charge in [0.15, 0.2) is 11.6 Å². The second-order valence-corrected chi connectivity index (χ2v) is 9.12. The van der Waals surface area contributed by atoms with Crippen molar-refractivity contribution < 1.29 is 31.1 Å². The van der Waals surface area contributed by atoms with Crippen molar-refractivity contribution in [1.82, 2.24) is 14.8 Å². The molecule has 0 fully saturated rings. The summed E-state index contributed by atoms with van der Waals surface area (Å²) in [6, 6.07) is 6.87. The molecular weight excluding hydrogens is 485 g/mol. The number of pyridine rings is 1. The number of halogens is 3. The van der Waals surface area contributed by atoms with Crippen LogP contribution in [0, 0.1) is 17.5 Å². The number of ether oxygens (including phenoxy) is 1. The standard InChI is InChI=1S/C23H17F3N4O4S/c1-2-30-12-15(13-7-9-28-10-8-13)22(29-30)20-18(6-5-17(21(20)26)34-23(27)31)35(32,33)19-11-14(24)3-4-16(19)25/h3-12H,2H2,1H3,(H2,27,31). The number of amides is 1. The first-order valence-corrected chi connectivity index (χ1v) is 11.6. The lowest BCUT2D eigenvalue weighted by Gasteiger charge is -2.14. The van der Waals surface area contributed by atoms with E-state index >= 15 is 4.39 Å². The zero-order valence-electron chi connectivity index (χ0n) is 18.1. The minimum Gasteiger partial charge on any atom is -0.407 e. The Balaban J connectivity index is 2.08. The molecule has 35 heavy (non-hydrogen) atoms. The maximum absolute atomic E-state index is 15.8. The van der Waals surface area contributed by atoms with E-state index in [2.05, 4.69) is 10.1 Å². The fourth-order valence-corrected chi connectivity index (χ4v) is 5.01. The second-order valence-electron chi connectivity index (χ2n) is 7.23. The monoisotopic (exact) mass is 502 g/mol. The number of hydrogen-bond donors (Lipinski definition) is 1. The van der Waals surface area contributed by atoms with Crippen LogP contribution < -0.4 is 10.5 Å². The molecule has 0 aliphatic carbocycles. The molecule has 0 unspecified atom stereocenters. The van der Waals surface area contributed by atoms with E-state index in [9.17, 15) is 22.0 Å². The van der Waals surface area contributed by atoms with Crippen LogP contribution in [-0.4, -0.2) is 29.3 Å². The average molecular weight is 502 g/mol. The molecule has 0 saturated heterocycles. The Morgan fingerprint density at radius 1 is 1.06 bits per heavy atom. The molecule has 0 saturated carbocycles. The third kappa shape index (κ3) is 4.47. The summed E-state index contributed by atoms with van der Waals surface area (Å²) in [5.41, 5.74) is 5.12. The molecule has 12 heteroatoms. The van der Waals surface area contributed by atoms with Gasteiger partial charge in [-0.05, 0) is 55.0 Å². The summed E-state index contributed by atoms with van der Waals surface area (Å²) >= 11 is 0. The number of nitrogens with zero attached hydrogens (tertiary/aromatic N) is 3. The fourth-order valence-electron chi connectivity index (χ4n) is 3.48. The van der Waals surface area contributed by atoms with E-state index in [1.165, 1.54) is 17.1 Å². The number of primary amides is 1. The number of nitrogens with two attached hydrogens (primary N) is 1. The van der Waals surface area contributed by atoms with Crippen molar-refractivity contribution in [2.24, 2.45) is 5.73 Å². The van der Waals surface area contributed by atoms with Crippen LogP contribution >= 0.6 is 0 Å². The van der Waals surface area contributed by atoms with Crippen LogP contribution in [0.15, 0.2) is 70.8 Å². The van der Waals surface area contributed by atoms with Gasteiger partial charge >= 0.3 is 6.09 Å². The first-order chi connectivity index (χ1) is 16.6. The first kappa shape index (κ1) is 24.0. The van der Waals surface area contributed by atoms with Gasteiger partial charge in [-0.25, -0.2) is 26.4 Å². The quantitative estimate of drug-likeness (QED) is 0.419. The molecule has 0 radical (unpaired) electrons. The minimum absolute atomic E-state index is 0.138. The van der Waals surface area contributed by atoms with E-state index in [1.54, 1.807) is 25.3 Å². The zero-order valence-corrected chi connectivity index (χ0v) is 18.9. The van der Waals surface area contributed by atoms with Gasteiger partial charge in [0.25, 0.3) is 0 Å². The average Bonchev–Trinajstić information content (AvgIpc) is 3.26. The van der Waals surface area contributed by atoms with Crippen molar-refractivity contribution in [3.8, 4) is 28.1 Å². The smallest absolute Gasteiger partial charge is 0.407 e. The zero-order chi connectivity index (χ0) is 25.3. The summed E-state index contributed by atoms with van der Waals surface area (Å²) in [6.07, 6.45) is 3.18. The highest BCUT2D eigenvalue weighted by molar-refractivity contribution is 7.91. The van der Waals surface area contributed by atoms with Gasteiger partial charge < -0.3 is 10.5 Å². The first-order valence-electron chi connectivity index (χ1n) is 10.1. The van der Waals surface area contributed by atoms with Gasteiger partial charge in [-0.3, -0.25) is 9.67 Å². The number of aromatic nitrogens is 3. The summed E-state index contributed by atoms with van der Waals surface area (Å²) < 4.78 is 77.2. The lowest BCUT2D eigenvalue weighted by molar-refractivity contribution is 0.208. The van der Waals surface area contributed by atoms with Crippen LogP contribution in [0.25, 0.3) is 22.4 Å². The Morgan fingerprint density at radius 3 is 2.43 bits per heavy atom. The molecule has 2 N–H and O–H groups in total. The third-order valence-electron chi connectivity index (χ3n) is 5.06. The third-order valence-corrected chi connectivity index (χ3v) is 6.88. The Hall–Kier alpha value is -4.19. The summed E-state index contributed by atoms with van der Waals surface area (Å²) in [5.74, 6) is -4.19. The van der Waals surface area contributed by atoms with Gasteiger partial charge in [0.2, 0.25) is 9.84 Å². The topological polar surface area (TPSA) is 117 Å². The van der Waals surface area contributed by atoms with Crippen LogP contribution in [0.1, 0.15) is 6.92 Å². The van der Waals surface area contributed by atoms with Crippen molar-refractivity contribution in [2.75, 3.05) is 0 Å². The Morgan fingerprint density at radius 2 is 1.77 bits per heavy atom. The lowest BCUT2D eigenvalue weighted by atomic mass is 10.0. The number of benzene rings is 2. The molecule has 0 bridgehead atoms. The Kier molecular flexibility index (Phi) is 6.31. The van der Waals surface area contributed by atoms with E-state index in [0.29, 0.717) is 29.8 Å². The van der Waals surface area contributed by atoms with Crippen molar-refractivity contribution >= 4 is 15.9 Å². The van der Waals surface area contributed by atoms with Gasteiger partial charge in [-0.1, -0.05) is 0 Å². The van der Waals surface area contributed by atoms with E-state index in [0.717, 1.165) is 18.2 Å². The molecule has 2 heterocycles. The highest BCUT2D eigenvalue weighted by Gasteiger charge is 2.32. The van der Waals surface area contributed by atoms with E-state index < -0.39 is 54.5 Å². The van der Waals surface area contributed by atoms with Crippen LogP contribution in [0.5, 0.6) is 5.75 Å². The molecule has 4 aromatic rings. The van der Waals surface area contributed by atoms with Gasteiger partial charge in [-0.15, -0.1) is 0 Å². The normalized spacial score (nSPS) is 11.4. The lowest BCUT2D eigenvalue weighted by Crippen LogP contribution is -2.18. The van der Waals surface area contributed by atoms with Gasteiger partial charge in [-0.2, -0.15) is 5.10 Å². The molecular formula is C23H17F3N4O4S. The number of hydrogen-bond acceptors (Lipinski definition) is 6. The van der Waals surface area contributed by atoms with Crippen LogP contribution in [-0.2, 0) is 16.4 Å². The number of aryl methyl sites for hydroxylation is 1. The molecule has 180 valence electrons. The van der Waals surface area contributed by atoms with Crippen molar-refractivity contribution in [1.29, 1.82) is 0 Å². The predicted octanol–water partition coefficient (Wildman–Crippen LogP) is 4.34. The largest absolute Gasteiger partial charge is 0.410 e. The fraction of sp³-hybridized carbons (Fsp3) is 0.0870. The van der Waals surface area contributed by atoms with Gasteiger partial charge in [0.05, 0.1) is 10.5 Å². The SMILES string of the molecule is CCn1cc(-c2ccncc2)c(-c2c(S(=O)(=O)c3cc(F)ccc3F)ccc(OC(N)=O)c2F)n1. The van der Waals surface area contributed by atoms with Crippen LogP contribution in [0.3, 0.4) is 0 Å². The highest BCUT2D eigenvalue weighted by Crippen LogP contribution is 2.41. The Labute approximate surface area is 197 Å². The molecule has 0 aliphatic rings. The van der Waals surface area contributed by atoms with E-state index in [-0.39, 0.29) is 5.69 Å². The number of carbonyl (C=O) groups excluding carboxylic acids is 1. The number of rotatable bonds is 6. The van der Waals surface area contributed by atoms with Gasteiger partial charge in [0, 0.05) is 30.7 Å². The second kappa shape index (κ2) is 9.22. The van der Waals surface area contributed by atoms with E-state index in [1.807, 2.05) is 0 Å². The molecule has 0 atom stereocenters. The number of sulfone groups is 1. The maximum Gasteiger partial charge on any atom is 0.410 e. The highest BCUT2D eigenvalue weighted by atomic mass is 32.2. The summed E-state index contributed by atoms with van der Waals surface area (Å²) in [7, 11) is -4.82. The molecule has 8 nitrogen and oxygen atoms in total. The van der Waals surface area contributed by atoms with E-state index in [4.69, 9.17) is 10.5 Å². The van der Waals surface area contributed by atoms with Crippen LogP contribution in [0.4, 0.5) is 18.0 Å². The van der Waals surface area contributed by atoms with Crippen LogP contribution in [0.2, 0.25) is 0 Å². The maximum atomic E-state index is 15.8. The summed E-state index contributed by atoms with van der Waals surface area (Å²) in [5, 5.41) is 4.32. The molecule has 4 rings (SSSR count). The molecule has 0 aliphatic heterocycles. The molecule has 2 aromatic heterocycles. The van der Waals surface area contributed by atoms with Gasteiger partial charge in [0.1, 0.15) is 22.2 Å². The minimum atomic E-state index is -4.82. The molecule has 2 aromatic carbocycles. The summed E-state index contributed by atoms with van der Waals surface area (Å²) in [4.78, 5) is 13.5. The predicted molar refractivity (Wildman–Crippen MR) is 119 cm³/mol. The Bertz CT molecular complexity index is 1540. The number of carbonyl (C=O) groups is 1. The molecule has 1 amide bonds.